The molecule has 3 rings (SSSR count). The zero-order valence-corrected chi connectivity index (χ0v) is 17.5. The quantitative estimate of drug-likeness (QED) is 0.476. The van der Waals surface area contributed by atoms with Gasteiger partial charge in [0.15, 0.2) is 0 Å². The van der Waals surface area contributed by atoms with Crippen LogP contribution in [0.3, 0.4) is 0 Å². The van der Waals surface area contributed by atoms with E-state index in [9.17, 15) is 14.4 Å². The summed E-state index contributed by atoms with van der Waals surface area (Å²) < 4.78 is 16.1. The van der Waals surface area contributed by atoms with Crippen LogP contribution < -0.4 is 15.7 Å². The molecule has 1 aliphatic carbocycles. The maximum absolute atomic E-state index is 12.7. The van der Waals surface area contributed by atoms with Crippen molar-refractivity contribution in [3.8, 4) is 5.75 Å². The summed E-state index contributed by atoms with van der Waals surface area (Å²) in [6.07, 6.45) is 1.82. The Hall–Kier alpha value is -2.83. The standard InChI is InChI=1S/C22H27NO6/c1-12(2)18(23-21(26)29-22(3,4)5)20(25)27-13-9-10-15-14-7-6-8-16(14)19(24)28-17(15)11-13/h9-12,18H,6-8H2,1-5H3,(H,23,26). The van der Waals surface area contributed by atoms with Gasteiger partial charge in [-0.2, -0.15) is 0 Å². The van der Waals surface area contributed by atoms with Gasteiger partial charge >= 0.3 is 17.7 Å². The number of benzene rings is 1. The van der Waals surface area contributed by atoms with E-state index in [0.717, 1.165) is 35.8 Å². The van der Waals surface area contributed by atoms with E-state index in [1.165, 1.54) is 6.07 Å². The number of ether oxygens (including phenoxy) is 2. The molecule has 0 saturated carbocycles. The molecule has 1 amide bonds. The number of alkyl carbamates (subject to hydrolysis) is 1. The van der Waals surface area contributed by atoms with Gasteiger partial charge in [0, 0.05) is 17.0 Å². The first-order valence-corrected chi connectivity index (χ1v) is 9.85. The predicted octanol–water partition coefficient (Wildman–Crippen LogP) is 3.74. The van der Waals surface area contributed by atoms with Crippen LogP contribution in [0, 0.1) is 5.92 Å². The van der Waals surface area contributed by atoms with Crippen LogP contribution in [0.4, 0.5) is 4.79 Å². The topological polar surface area (TPSA) is 94.8 Å². The minimum Gasteiger partial charge on any atom is -0.444 e. The first-order valence-electron chi connectivity index (χ1n) is 9.85. The molecule has 7 nitrogen and oxygen atoms in total. The summed E-state index contributed by atoms with van der Waals surface area (Å²) in [7, 11) is 0. The van der Waals surface area contributed by atoms with Gasteiger partial charge in [0.2, 0.25) is 0 Å². The molecule has 0 bridgehead atoms. The SMILES string of the molecule is CC(C)C(NC(=O)OC(C)(C)C)C(=O)Oc1ccc2c3c(c(=O)oc2c1)CCC3. The number of rotatable bonds is 4. The van der Waals surface area contributed by atoms with Crippen molar-refractivity contribution in [3.05, 3.63) is 39.7 Å². The van der Waals surface area contributed by atoms with E-state index >= 15 is 0 Å². The Morgan fingerprint density at radius 2 is 1.83 bits per heavy atom. The lowest BCUT2D eigenvalue weighted by molar-refractivity contribution is -0.137. The Kier molecular flexibility index (Phi) is 5.68. The van der Waals surface area contributed by atoms with Crippen molar-refractivity contribution in [3.63, 3.8) is 0 Å². The number of aryl methyl sites for hydroxylation is 1. The predicted molar refractivity (Wildman–Crippen MR) is 108 cm³/mol. The third-order valence-electron chi connectivity index (χ3n) is 4.76. The van der Waals surface area contributed by atoms with E-state index in [1.54, 1.807) is 46.8 Å². The van der Waals surface area contributed by atoms with Gasteiger partial charge < -0.3 is 19.2 Å². The number of carbonyl (C=O) groups excluding carboxylic acids is 2. The Morgan fingerprint density at radius 3 is 2.48 bits per heavy atom. The first-order chi connectivity index (χ1) is 13.5. The van der Waals surface area contributed by atoms with Crippen molar-refractivity contribution in [1.82, 2.24) is 5.32 Å². The van der Waals surface area contributed by atoms with Gasteiger partial charge in [-0.1, -0.05) is 13.8 Å². The van der Waals surface area contributed by atoms with E-state index in [-0.39, 0.29) is 17.3 Å². The summed E-state index contributed by atoms with van der Waals surface area (Å²) in [5.74, 6) is -0.578. The smallest absolute Gasteiger partial charge is 0.408 e. The van der Waals surface area contributed by atoms with Crippen LogP contribution in [0.15, 0.2) is 27.4 Å². The number of amides is 1. The normalized spacial score (nSPS) is 14.6. The minimum atomic E-state index is -0.882. The van der Waals surface area contributed by atoms with Crippen molar-refractivity contribution < 1.29 is 23.5 Å². The molecular weight excluding hydrogens is 374 g/mol. The number of carbonyl (C=O) groups is 2. The van der Waals surface area contributed by atoms with Crippen LogP contribution in [0.25, 0.3) is 11.0 Å². The van der Waals surface area contributed by atoms with Gasteiger partial charge in [0.1, 0.15) is 23.0 Å². The number of fused-ring (bicyclic) bond motifs is 3. The maximum Gasteiger partial charge on any atom is 0.408 e. The lowest BCUT2D eigenvalue weighted by atomic mass is 10.0. The molecule has 0 fully saturated rings. The molecule has 29 heavy (non-hydrogen) atoms. The van der Waals surface area contributed by atoms with Crippen LogP contribution in [0.2, 0.25) is 0 Å². The molecule has 1 N–H and O–H groups in total. The lowest BCUT2D eigenvalue weighted by Gasteiger charge is -2.24. The third kappa shape index (κ3) is 4.78. The number of hydrogen-bond donors (Lipinski definition) is 1. The van der Waals surface area contributed by atoms with E-state index in [0.29, 0.717) is 5.58 Å². The van der Waals surface area contributed by atoms with Gasteiger partial charge in [-0.05, 0) is 63.6 Å². The summed E-state index contributed by atoms with van der Waals surface area (Å²) >= 11 is 0. The Balaban J connectivity index is 1.79. The van der Waals surface area contributed by atoms with E-state index < -0.39 is 23.7 Å². The van der Waals surface area contributed by atoms with Crippen molar-refractivity contribution in [2.75, 3.05) is 0 Å². The average molecular weight is 401 g/mol. The summed E-state index contributed by atoms with van der Waals surface area (Å²) in [6.45, 7) is 8.83. The molecule has 156 valence electrons. The van der Waals surface area contributed by atoms with Crippen LogP contribution in [0.5, 0.6) is 5.75 Å². The molecule has 1 aromatic heterocycles. The van der Waals surface area contributed by atoms with E-state index in [4.69, 9.17) is 13.9 Å². The summed E-state index contributed by atoms with van der Waals surface area (Å²) in [4.78, 5) is 36.9. The molecule has 0 radical (unpaired) electrons. The van der Waals surface area contributed by atoms with Crippen LogP contribution >= 0.6 is 0 Å². The summed E-state index contributed by atoms with van der Waals surface area (Å²) in [5, 5.41) is 3.43. The largest absolute Gasteiger partial charge is 0.444 e. The molecule has 0 spiro atoms. The second-order valence-electron chi connectivity index (χ2n) is 8.65. The van der Waals surface area contributed by atoms with Crippen molar-refractivity contribution in [2.45, 2.75) is 65.5 Å². The molecule has 1 aliphatic rings. The number of esters is 1. The first kappa shape index (κ1) is 20.9. The van der Waals surface area contributed by atoms with Gasteiger partial charge in [0.05, 0.1) is 0 Å². The second-order valence-corrected chi connectivity index (χ2v) is 8.65. The van der Waals surface area contributed by atoms with Gasteiger partial charge in [0.25, 0.3) is 0 Å². The molecule has 1 aromatic carbocycles. The molecule has 1 heterocycles. The Bertz CT molecular complexity index is 999. The fraction of sp³-hybridized carbons (Fsp3) is 0.500. The third-order valence-corrected chi connectivity index (χ3v) is 4.76. The van der Waals surface area contributed by atoms with Crippen LogP contribution in [-0.2, 0) is 22.4 Å². The highest BCUT2D eigenvalue weighted by Crippen LogP contribution is 2.29. The van der Waals surface area contributed by atoms with Crippen molar-refractivity contribution >= 4 is 23.0 Å². The molecule has 0 saturated heterocycles. The number of nitrogens with one attached hydrogen (secondary N) is 1. The highest BCUT2D eigenvalue weighted by Gasteiger charge is 2.29. The highest BCUT2D eigenvalue weighted by molar-refractivity contribution is 5.86. The van der Waals surface area contributed by atoms with Crippen molar-refractivity contribution in [1.29, 1.82) is 0 Å². The molecule has 7 heteroatoms. The summed E-state index contributed by atoms with van der Waals surface area (Å²) in [6, 6.07) is 4.13. The van der Waals surface area contributed by atoms with Gasteiger partial charge in [-0.25, -0.2) is 14.4 Å². The van der Waals surface area contributed by atoms with Crippen molar-refractivity contribution in [2.24, 2.45) is 5.92 Å². The maximum atomic E-state index is 12.7. The van der Waals surface area contributed by atoms with Crippen LogP contribution in [-0.4, -0.2) is 23.7 Å². The van der Waals surface area contributed by atoms with E-state index in [2.05, 4.69) is 5.32 Å². The molecular formula is C22H27NO6. The lowest BCUT2D eigenvalue weighted by Crippen LogP contribution is -2.48. The van der Waals surface area contributed by atoms with E-state index in [1.807, 2.05) is 0 Å². The molecule has 0 aliphatic heterocycles. The second kappa shape index (κ2) is 7.89. The van der Waals surface area contributed by atoms with Gasteiger partial charge in [-0.3, -0.25) is 0 Å². The van der Waals surface area contributed by atoms with Gasteiger partial charge in [-0.15, -0.1) is 0 Å². The molecule has 1 atom stereocenters. The Labute approximate surface area is 169 Å². The number of hydrogen-bond acceptors (Lipinski definition) is 6. The minimum absolute atomic E-state index is 0.211. The zero-order valence-electron chi connectivity index (χ0n) is 17.5. The zero-order chi connectivity index (χ0) is 21.3. The molecule has 1 unspecified atom stereocenters. The van der Waals surface area contributed by atoms with Crippen LogP contribution in [0.1, 0.15) is 52.2 Å². The fourth-order valence-electron chi connectivity index (χ4n) is 3.44. The highest BCUT2D eigenvalue weighted by atomic mass is 16.6. The fourth-order valence-corrected chi connectivity index (χ4v) is 3.44. The monoisotopic (exact) mass is 401 g/mol. The Morgan fingerprint density at radius 1 is 1.14 bits per heavy atom. The molecule has 2 aromatic rings. The average Bonchev–Trinajstić information content (AvgIpc) is 3.08. The summed E-state index contributed by atoms with van der Waals surface area (Å²) in [5.41, 5.74) is 1.14.